The van der Waals surface area contributed by atoms with Gasteiger partial charge >= 0.3 is 11.3 Å². The SMILES string of the molecule is CCSC(=O)OCOC(=O)COc1nc(Cl)c(Cl)cc1Cl. The van der Waals surface area contributed by atoms with E-state index in [0.29, 0.717) is 5.75 Å². The van der Waals surface area contributed by atoms with E-state index < -0.39 is 24.7 Å². The lowest BCUT2D eigenvalue weighted by molar-refractivity contribution is -0.153. The lowest BCUT2D eigenvalue weighted by Gasteiger charge is -2.08. The molecular weight excluding hydrogens is 365 g/mol. The molecule has 0 bridgehead atoms. The van der Waals surface area contributed by atoms with Gasteiger partial charge in [-0.05, 0) is 17.8 Å². The van der Waals surface area contributed by atoms with Crippen LogP contribution in [0.5, 0.6) is 5.88 Å². The zero-order valence-electron chi connectivity index (χ0n) is 10.7. The van der Waals surface area contributed by atoms with Crippen molar-refractivity contribution in [1.29, 1.82) is 0 Å². The van der Waals surface area contributed by atoms with Crippen molar-refractivity contribution in [1.82, 2.24) is 4.98 Å². The van der Waals surface area contributed by atoms with Crippen LogP contribution in [0, 0.1) is 0 Å². The molecule has 0 aliphatic carbocycles. The molecule has 10 heteroatoms. The van der Waals surface area contributed by atoms with Gasteiger partial charge in [0.25, 0.3) is 0 Å². The number of pyridine rings is 1. The minimum Gasteiger partial charge on any atom is -0.465 e. The summed E-state index contributed by atoms with van der Waals surface area (Å²) in [5.74, 6) is -0.244. The molecule has 1 aromatic rings. The maximum atomic E-state index is 11.3. The third-order valence-corrected chi connectivity index (χ3v) is 3.43. The number of carbonyl (C=O) groups is 2. The molecule has 116 valence electrons. The minimum atomic E-state index is -0.756. The van der Waals surface area contributed by atoms with Gasteiger partial charge in [-0.3, -0.25) is 0 Å². The average molecular weight is 375 g/mol. The van der Waals surface area contributed by atoms with Gasteiger partial charge in [0.05, 0.1) is 5.02 Å². The standard InChI is InChI=1S/C11H10Cl3NO5S/c1-2-21-11(17)20-5-19-8(16)4-18-10-7(13)3-6(12)9(14)15-10/h3H,2,4-5H2,1H3. The number of thioether (sulfide) groups is 1. The molecule has 0 fully saturated rings. The first-order valence-electron chi connectivity index (χ1n) is 5.53. The largest absolute Gasteiger partial charge is 0.465 e. The number of halogens is 3. The van der Waals surface area contributed by atoms with Gasteiger partial charge in [-0.15, -0.1) is 0 Å². The number of rotatable bonds is 6. The van der Waals surface area contributed by atoms with Crippen LogP contribution in [0.4, 0.5) is 4.79 Å². The third kappa shape index (κ3) is 6.60. The van der Waals surface area contributed by atoms with Gasteiger partial charge in [0, 0.05) is 5.75 Å². The minimum absolute atomic E-state index is 0.00467. The molecule has 21 heavy (non-hydrogen) atoms. The zero-order valence-corrected chi connectivity index (χ0v) is 13.8. The fourth-order valence-electron chi connectivity index (χ4n) is 1.00. The second-order valence-corrected chi connectivity index (χ2v) is 5.67. The number of carbonyl (C=O) groups excluding carboxylic acids is 2. The van der Waals surface area contributed by atoms with Crippen molar-refractivity contribution >= 4 is 57.8 Å². The van der Waals surface area contributed by atoms with E-state index in [2.05, 4.69) is 14.5 Å². The van der Waals surface area contributed by atoms with Crippen LogP contribution in [-0.4, -0.2) is 35.4 Å². The van der Waals surface area contributed by atoms with E-state index in [0.717, 1.165) is 11.8 Å². The van der Waals surface area contributed by atoms with E-state index in [1.165, 1.54) is 6.07 Å². The maximum absolute atomic E-state index is 11.3. The second kappa shape index (κ2) is 9.19. The highest BCUT2D eigenvalue weighted by Gasteiger charge is 2.12. The lowest BCUT2D eigenvalue weighted by Crippen LogP contribution is -2.18. The highest BCUT2D eigenvalue weighted by molar-refractivity contribution is 8.13. The van der Waals surface area contributed by atoms with Crippen molar-refractivity contribution in [3.63, 3.8) is 0 Å². The molecule has 0 radical (unpaired) electrons. The molecule has 1 rings (SSSR count). The molecule has 0 aliphatic heterocycles. The Kier molecular flexibility index (Phi) is 7.95. The summed E-state index contributed by atoms with van der Waals surface area (Å²) in [5.41, 5.74) is 0. The summed E-state index contributed by atoms with van der Waals surface area (Å²) in [6.07, 6.45) is 0. The fourth-order valence-corrected chi connectivity index (χ4v) is 1.91. The quantitative estimate of drug-likeness (QED) is 0.426. The fraction of sp³-hybridized carbons (Fsp3) is 0.364. The Labute approximate surface area is 140 Å². The molecule has 1 aromatic heterocycles. The van der Waals surface area contributed by atoms with E-state index in [4.69, 9.17) is 39.5 Å². The molecule has 0 atom stereocenters. The van der Waals surface area contributed by atoms with Crippen molar-refractivity contribution in [2.24, 2.45) is 0 Å². The first-order valence-corrected chi connectivity index (χ1v) is 7.65. The monoisotopic (exact) mass is 373 g/mol. The van der Waals surface area contributed by atoms with Crippen LogP contribution in [0.3, 0.4) is 0 Å². The van der Waals surface area contributed by atoms with Gasteiger partial charge in [0.1, 0.15) is 5.02 Å². The van der Waals surface area contributed by atoms with Crippen molar-refractivity contribution in [2.45, 2.75) is 6.92 Å². The van der Waals surface area contributed by atoms with Crippen molar-refractivity contribution in [2.75, 3.05) is 19.2 Å². The summed E-state index contributed by atoms with van der Waals surface area (Å²) in [5, 5.41) is -0.268. The second-order valence-electron chi connectivity index (χ2n) is 3.30. The van der Waals surface area contributed by atoms with Crippen LogP contribution < -0.4 is 4.74 Å². The van der Waals surface area contributed by atoms with Gasteiger partial charge in [-0.25, -0.2) is 9.59 Å². The molecule has 0 saturated heterocycles. The number of hydrogen-bond acceptors (Lipinski definition) is 7. The Hall–Kier alpha value is -0.890. The van der Waals surface area contributed by atoms with Crippen molar-refractivity contribution in [3.05, 3.63) is 21.3 Å². The topological polar surface area (TPSA) is 74.7 Å². The van der Waals surface area contributed by atoms with Gasteiger partial charge in [-0.1, -0.05) is 41.7 Å². The molecular formula is C11H10Cl3NO5S. The third-order valence-electron chi connectivity index (χ3n) is 1.84. The maximum Gasteiger partial charge on any atom is 0.370 e. The van der Waals surface area contributed by atoms with Crippen molar-refractivity contribution in [3.8, 4) is 5.88 Å². The summed E-state index contributed by atoms with van der Waals surface area (Å²) in [6.45, 7) is 0.833. The Bertz CT molecular complexity index is 529. The number of ether oxygens (including phenoxy) is 3. The van der Waals surface area contributed by atoms with Crippen molar-refractivity contribution < 1.29 is 23.8 Å². The Morgan fingerprint density at radius 1 is 1.24 bits per heavy atom. The number of aromatic nitrogens is 1. The van der Waals surface area contributed by atoms with Gasteiger partial charge < -0.3 is 14.2 Å². The highest BCUT2D eigenvalue weighted by Crippen LogP contribution is 2.30. The highest BCUT2D eigenvalue weighted by atomic mass is 35.5. The summed E-state index contributed by atoms with van der Waals surface area (Å²) in [7, 11) is 0. The molecule has 0 unspecified atom stereocenters. The van der Waals surface area contributed by atoms with Crippen LogP contribution >= 0.6 is 46.6 Å². The number of hydrogen-bond donors (Lipinski definition) is 0. The number of esters is 1. The Balaban J connectivity index is 2.36. The van der Waals surface area contributed by atoms with E-state index in [1.54, 1.807) is 6.92 Å². The molecule has 0 N–H and O–H groups in total. The molecule has 0 amide bonds. The molecule has 6 nitrogen and oxygen atoms in total. The molecule has 0 aliphatic rings. The van der Waals surface area contributed by atoms with Gasteiger partial charge in [0.15, 0.2) is 11.8 Å². The smallest absolute Gasteiger partial charge is 0.370 e. The van der Waals surface area contributed by atoms with Crippen LogP contribution in [0.2, 0.25) is 15.2 Å². The van der Waals surface area contributed by atoms with Crippen LogP contribution in [-0.2, 0) is 14.3 Å². The van der Waals surface area contributed by atoms with Gasteiger partial charge in [-0.2, -0.15) is 4.98 Å². The van der Waals surface area contributed by atoms with E-state index in [1.807, 2.05) is 0 Å². The summed E-state index contributed by atoms with van der Waals surface area (Å²) < 4.78 is 14.3. The first kappa shape index (κ1) is 18.2. The molecule has 0 spiro atoms. The first-order chi connectivity index (χ1) is 9.93. The zero-order chi connectivity index (χ0) is 15.8. The molecule has 1 heterocycles. The Morgan fingerprint density at radius 3 is 2.62 bits per heavy atom. The summed E-state index contributed by atoms with van der Waals surface area (Å²) in [6, 6.07) is 1.34. The lowest BCUT2D eigenvalue weighted by atomic mass is 10.5. The normalized spacial score (nSPS) is 10.1. The molecule has 0 saturated carbocycles. The Morgan fingerprint density at radius 2 is 1.95 bits per heavy atom. The van der Waals surface area contributed by atoms with E-state index in [-0.39, 0.29) is 21.1 Å². The van der Waals surface area contributed by atoms with Crippen LogP contribution in [0.25, 0.3) is 0 Å². The predicted molar refractivity (Wildman–Crippen MR) is 80.3 cm³/mol. The van der Waals surface area contributed by atoms with E-state index in [9.17, 15) is 9.59 Å². The summed E-state index contributed by atoms with van der Waals surface area (Å²) in [4.78, 5) is 26.1. The van der Waals surface area contributed by atoms with Gasteiger partial charge in [0.2, 0.25) is 12.7 Å². The number of nitrogens with zero attached hydrogens (tertiary/aromatic N) is 1. The van der Waals surface area contributed by atoms with Crippen LogP contribution in [0.1, 0.15) is 6.92 Å². The average Bonchev–Trinajstić information content (AvgIpc) is 2.41. The molecule has 0 aromatic carbocycles. The summed E-state index contributed by atoms with van der Waals surface area (Å²) >= 11 is 18.2. The predicted octanol–water partition coefficient (Wildman–Crippen LogP) is 3.81. The van der Waals surface area contributed by atoms with Crippen LogP contribution in [0.15, 0.2) is 6.07 Å². The van der Waals surface area contributed by atoms with E-state index >= 15 is 0 Å².